The Hall–Kier alpha value is -0.640. The lowest BCUT2D eigenvalue weighted by Crippen LogP contribution is -2.08. The number of imidazole rings is 1. The maximum Gasteiger partial charge on any atom is 0.139 e. The fourth-order valence-corrected chi connectivity index (χ4v) is 3.17. The molecule has 0 atom stereocenters. The van der Waals surface area contributed by atoms with Crippen molar-refractivity contribution in [3.8, 4) is 0 Å². The van der Waals surface area contributed by atoms with E-state index in [1.165, 1.54) is 32.1 Å². The summed E-state index contributed by atoms with van der Waals surface area (Å²) in [5, 5.41) is 1.73. The average molecular weight is 211 g/mol. The van der Waals surface area contributed by atoms with Crippen LogP contribution in [0.2, 0.25) is 0 Å². The number of aromatic amines is 1. The molecule has 4 heteroatoms. The minimum atomic E-state index is 0.730. The summed E-state index contributed by atoms with van der Waals surface area (Å²) in [6.45, 7) is 1.95. The molecule has 0 saturated heterocycles. The first kappa shape index (κ1) is 9.90. The van der Waals surface area contributed by atoms with Crippen LogP contribution in [0, 0.1) is 6.92 Å². The molecule has 0 unspecified atom stereocenters. The Labute approximate surface area is 88.9 Å². The fourth-order valence-electron chi connectivity index (χ4n) is 1.92. The highest BCUT2D eigenvalue weighted by molar-refractivity contribution is 8.00. The summed E-state index contributed by atoms with van der Waals surface area (Å²) in [6.07, 6.45) is 6.75. The van der Waals surface area contributed by atoms with Gasteiger partial charge in [0.1, 0.15) is 16.7 Å². The lowest BCUT2D eigenvalue weighted by molar-refractivity contribution is 0.516. The van der Waals surface area contributed by atoms with Crippen molar-refractivity contribution in [3.05, 3.63) is 5.82 Å². The van der Waals surface area contributed by atoms with Gasteiger partial charge in [0.25, 0.3) is 0 Å². The van der Waals surface area contributed by atoms with Gasteiger partial charge in [-0.2, -0.15) is 0 Å². The summed E-state index contributed by atoms with van der Waals surface area (Å²) in [6, 6.07) is 0. The van der Waals surface area contributed by atoms with Crippen molar-refractivity contribution in [3.63, 3.8) is 0 Å². The normalized spacial score (nSPS) is 18.6. The smallest absolute Gasteiger partial charge is 0.139 e. The topological polar surface area (TPSA) is 54.7 Å². The van der Waals surface area contributed by atoms with E-state index in [2.05, 4.69) is 9.97 Å². The lowest BCUT2D eigenvalue weighted by atomic mass is 10.0. The summed E-state index contributed by atoms with van der Waals surface area (Å²) in [7, 11) is 0. The number of nitrogens with zero attached hydrogens (tertiary/aromatic N) is 1. The molecule has 78 valence electrons. The van der Waals surface area contributed by atoms with Crippen LogP contribution in [0.5, 0.6) is 0 Å². The van der Waals surface area contributed by atoms with Gasteiger partial charge < -0.3 is 10.7 Å². The third-order valence-corrected chi connectivity index (χ3v) is 3.98. The van der Waals surface area contributed by atoms with Crippen LogP contribution in [0.4, 0.5) is 5.82 Å². The van der Waals surface area contributed by atoms with E-state index in [1.54, 1.807) is 0 Å². The Morgan fingerprint density at radius 1 is 1.36 bits per heavy atom. The molecule has 2 rings (SSSR count). The molecule has 1 aliphatic carbocycles. The van der Waals surface area contributed by atoms with Crippen molar-refractivity contribution in [2.24, 2.45) is 0 Å². The van der Waals surface area contributed by atoms with Crippen LogP contribution >= 0.6 is 11.8 Å². The van der Waals surface area contributed by atoms with Crippen molar-refractivity contribution < 1.29 is 0 Å². The molecule has 0 radical (unpaired) electrons. The first-order valence-corrected chi connectivity index (χ1v) is 6.12. The van der Waals surface area contributed by atoms with E-state index < -0.39 is 0 Å². The molecule has 0 bridgehead atoms. The van der Waals surface area contributed by atoms with Gasteiger partial charge >= 0.3 is 0 Å². The minimum absolute atomic E-state index is 0.730. The first-order valence-electron chi connectivity index (χ1n) is 5.24. The Morgan fingerprint density at radius 2 is 2.07 bits per heavy atom. The molecular formula is C10H17N3S. The third kappa shape index (κ3) is 2.23. The standard InChI is InChI=1S/C10H17N3S/c1-7-12-9(11)10(13-7)14-8-5-3-2-4-6-8/h8H,2-6,11H2,1H3,(H,12,13). The molecular weight excluding hydrogens is 194 g/mol. The number of anilines is 1. The number of aryl methyl sites for hydroxylation is 1. The third-order valence-electron chi connectivity index (χ3n) is 2.65. The van der Waals surface area contributed by atoms with E-state index >= 15 is 0 Å². The van der Waals surface area contributed by atoms with Crippen LogP contribution in [0.25, 0.3) is 0 Å². The summed E-state index contributed by atoms with van der Waals surface area (Å²) in [5.74, 6) is 1.65. The maximum absolute atomic E-state index is 5.82. The zero-order chi connectivity index (χ0) is 9.97. The molecule has 0 spiro atoms. The highest BCUT2D eigenvalue weighted by Gasteiger charge is 2.17. The van der Waals surface area contributed by atoms with Gasteiger partial charge in [-0.15, -0.1) is 0 Å². The monoisotopic (exact) mass is 211 g/mol. The highest BCUT2D eigenvalue weighted by Crippen LogP contribution is 2.34. The second kappa shape index (κ2) is 4.26. The van der Waals surface area contributed by atoms with Gasteiger partial charge in [0.2, 0.25) is 0 Å². The van der Waals surface area contributed by atoms with Crippen LogP contribution in [-0.4, -0.2) is 15.2 Å². The first-order chi connectivity index (χ1) is 6.75. The predicted octanol–water partition coefficient (Wildman–Crippen LogP) is 2.73. The van der Waals surface area contributed by atoms with Gasteiger partial charge in [-0.1, -0.05) is 31.0 Å². The number of nitrogens with one attached hydrogen (secondary N) is 1. The van der Waals surface area contributed by atoms with E-state index in [0.29, 0.717) is 0 Å². The molecule has 1 aromatic rings. The van der Waals surface area contributed by atoms with Crippen molar-refractivity contribution in [1.82, 2.24) is 9.97 Å². The van der Waals surface area contributed by atoms with Crippen LogP contribution in [0.1, 0.15) is 37.9 Å². The molecule has 14 heavy (non-hydrogen) atoms. The Morgan fingerprint density at radius 3 is 2.64 bits per heavy atom. The Kier molecular flexibility index (Phi) is 3.01. The SMILES string of the molecule is Cc1nc(SC2CCCCC2)c(N)[nH]1. The molecule has 0 amide bonds. The number of nitrogen functional groups attached to an aromatic ring is 1. The number of rotatable bonds is 2. The summed E-state index contributed by atoms with van der Waals surface area (Å²) in [4.78, 5) is 7.43. The second-order valence-corrected chi connectivity index (χ2v) is 5.21. The molecule has 3 nitrogen and oxygen atoms in total. The number of hydrogen-bond donors (Lipinski definition) is 2. The number of H-pyrrole nitrogens is 1. The summed E-state index contributed by atoms with van der Waals surface area (Å²) in [5.41, 5.74) is 5.82. The van der Waals surface area contributed by atoms with E-state index in [0.717, 1.165) is 21.9 Å². The van der Waals surface area contributed by atoms with Gasteiger partial charge in [0.05, 0.1) is 0 Å². The summed E-state index contributed by atoms with van der Waals surface area (Å²) < 4.78 is 0. The maximum atomic E-state index is 5.82. The Balaban J connectivity index is 1.98. The van der Waals surface area contributed by atoms with Crippen molar-refractivity contribution >= 4 is 17.6 Å². The van der Waals surface area contributed by atoms with Gasteiger partial charge in [0, 0.05) is 5.25 Å². The number of thioether (sulfide) groups is 1. The van der Waals surface area contributed by atoms with E-state index in [4.69, 9.17) is 5.73 Å². The largest absolute Gasteiger partial charge is 0.383 e. The van der Waals surface area contributed by atoms with Crippen molar-refractivity contribution in [2.75, 3.05) is 5.73 Å². The van der Waals surface area contributed by atoms with E-state index in [1.807, 2.05) is 18.7 Å². The van der Waals surface area contributed by atoms with Crippen LogP contribution in [0.15, 0.2) is 5.03 Å². The number of aromatic nitrogens is 2. The predicted molar refractivity (Wildman–Crippen MR) is 60.5 cm³/mol. The van der Waals surface area contributed by atoms with Crippen LogP contribution in [-0.2, 0) is 0 Å². The van der Waals surface area contributed by atoms with Gasteiger partial charge in [0.15, 0.2) is 0 Å². The number of nitrogens with two attached hydrogens (primary N) is 1. The quantitative estimate of drug-likeness (QED) is 0.791. The number of hydrogen-bond acceptors (Lipinski definition) is 3. The van der Waals surface area contributed by atoms with Gasteiger partial charge in [-0.05, 0) is 19.8 Å². The molecule has 1 saturated carbocycles. The second-order valence-electron chi connectivity index (χ2n) is 3.92. The van der Waals surface area contributed by atoms with E-state index in [-0.39, 0.29) is 0 Å². The highest BCUT2D eigenvalue weighted by atomic mass is 32.2. The van der Waals surface area contributed by atoms with Crippen molar-refractivity contribution in [1.29, 1.82) is 0 Å². The molecule has 1 aromatic heterocycles. The van der Waals surface area contributed by atoms with Crippen LogP contribution in [0.3, 0.4) is 0 Å². The molecule has 3 N–H and O–H groups in total. The molecule has 1 fully saturated rings. The van der Waals surface area contributed by atoms with Gasteiger partial charge in [-0.3, -0.25) is 0 Å². The lowest BCUT2D eigenvalue weighted by Gasteiger charge is -2.19. The average Bonchev–Trinajstić information content (AvgIpc) is 2.47. The summed E-state index contributed by atoms with van der Waals surface area (Å²) >= 11 is 1.84. The van der Waals surface area contributed by atoms with Gasteiger partial charge in [-0.25, -0.2) is 4.98 Å². The minimum Gasteiger partial charge on any atom is -0.383 e. The molecule has 1 aliphatic rings. The Bertz CT molecular complexity index is 302. The zero-order valence-electron chi connectivity index (χ0n) is 8.55. The molecule has 0 aliphatic heterocycles. The van der Waals surface area contributed by atoms with E-state index in [9.17, 15) is 0 Å². The molecule has 1 heterocycles. The van der Waals surface area contributed by atoms with Crippen molar-refractivity contribution in [2.45, 2.75) is 49.3 Å². The molecule has 0 aromatic carbocycles. The van der Waals surface area contributed by atoms with Crippen LogP contribution < -0.4 is 5.73 Å². The zero-order valence-corrected chi connectivity index (χ0v) is 9.36. The fraction of sp³-hybridized carbons (Fsp3) is 0.700.